The van der Waals surface area contributed by atoms with E-state index in [1.807, 2.05) is 6.07 Å². The molecule has 8 aromatic rings. The van der Waals surface area contributed by atoms with E-state index < -0.39 is 0 Å². The Labute approximate surface area is 344 Å². The van der Waals surface area contributed by atoms with Gasteiger partial charge in [0.1, 0.15) is 11.2 Å². The molecule has 0 saturated heterocycles. The molecule has 0 radical (unpaired) electrons. The zero-order valence-electron chi connectivity index (χ0n) is 35.2. The molecule has 0 saturated carbocycles. The highest BCUT2D eigenvalue weighted by Crippen LogP contribution is 2.46. The van der Waals surface area contributed by atoms with Crippen LogP contribution in [0.4, 0.5) is 34.1 Å². The van der Waals surface area contributed by atoms with E-state index in [0.717, 1.165) is 38.8 Å². The van der Waals surface area contributed by atoms with Crippen LogP contribution in [0.2, 0.25) is 0 Å². The maximum absolute atomic E-state index is 6.56. The summed E-state index contributed by atoms with van der Waals surface area (Å²) in [5, 5.41) is 2.28. The van der Waals surface area contributed by atoms with Gasteiger partial charge >= 0.3 is 0 Å². The monoisotopic (exact) mass is 754 g/mol. The third-order valence-corrected chi connectivity index (χ3v) is 12.5. The van der Waals surface area contributed by atoms with E-state index in [-0.39, 0.29) is 23.0 Å². The average molecular weight is 755 g/mol. The van der Waals surface area contributed by atoms with Crippen LogP contribution in [0.15, 0.2) is 150 Å². The van der Waals surface area contributed by atoms with Gasteiger partial charge in [0.15, 0.2) is 0 Å². The summed E-state index contributed by atoms with van der Waals surface area (Å²) in [6.45, 7) is 20.8. The standard InChI is InChI=1S/C54H51BN2O/c1-52(2,3)35-23-27-38(28-24-35)56-46-20-14-21-47-50(46)55(43-29-25-37(33-48(43)56)54(7,8)9)44-32-36(53(4,5)6)26-30-45(44)57(47)39-16-12-15-34(31-39)40-18-13-19-42-41-17-10-11-22-49(41)58-51(40)42/h10-33H,1-9H3. The smallest absolute Gasteiger partial charge is 0.252 e. The summed E-state index contributed by atoms with van der Waals surface area (Å²) in [4.78, 5) is 5.04. The number of fused-ring (bicyclic) bond motifs is 7. The molecule has 0 N–H and O–H groups in total. The van der Waals surface area contributed by atoms with Crippen molar-refractivity contribution in [1.82, 2.24) is 0 Å². The molecule has 3 nitrogen and oxygen atoms in total. The number of para-hydroxylation sites is 2. The predicted octanol–water partition coefficient (Wildman–Crippen LogP) is 13.2. The number of benzene rings is 7. The first-order valence-corrected chi connectivity index (χ1v) is 20.8. The fourth-order valence-electron chi connectivity index (χ4n) is 9.32. The molecule has 0 fully saturated rings. The highest BCUT2D eigenvalue weighted by atomic mass is 16.3. The zero-order valence-corrected chi connectivity index (χ0v) is 35.2. The highest BCUT2D eigenvalue weighted by Gasteiger charge is 2.44. The van der Waals surface area contributed by atoms with Gasteiger partial charge in [-0.05, 0) is 109 Å². The first-order valence-electron chi connectivity index (χ1n) is 20.8. The van der Waals surface area contributed by atoms with Gasteiger partial charge in [-0.25, -0.2) is 0 Å². The summed E-state index contributed by atoms with van der Waals surface area (Å²) in [5.74, 6) is 0. The SMILES string of the molecule is CC(C)(C)c1ccc(N2c3cc(C(C)(C)C)ccc3B3c4cc(C(C)(C)C)ccc4N(c4cccc(-c5cccc6c5oc5ccccc56)c4)c4cccc2c43)cc1. The van der Waals surface area contributed by atoms with Crippen molar-refractivity contribution in [2.45, 2.75) is 78.6 Å². The van der Waals surface area contributed by atoms with Crippen molar-refractivity contribution in [1.29, 1.82) is 0 Å². The van der Waals surface area contributed by atoms with Gasteiger partial charge in [0.05, 0.1) is 0 Å². The second kappa shape index (κ2) is 12.8. The van der Waals surface area contributed by atoms with Crippen LogP contribution in [0.5, 0.6) is 0 Å². The number of hydrogen-bond donors (Lipinski definition) is 0. The summed E-state index contributed by atoms with van der Waals surface area (Å²) in [5.41, 5.74) is 19.3. The minimum absolute atomic E-state index is 0.00267. The summed E-state index contributed by atoms with van der Waals surface area (Å²) >= 11 is 0. The van der Waals surface area contributed by atoms with Gasteiger partial charge in [-0.15, -0.1) is 0 Å². The Morgan fingerprint density at radius 1 is 0.431 bits per heavy atom. The van der Waals surface area contributed by atoms with Crippen LogP contribution >= 0.6 is 0 Å². The average Bonchev–Trinajstić information content (AvgIpc) is 3.58. The van der Waals surface area contributed by atoms with Crippen LogP contribution in [0.25, 0.3) is 33.1 Å². The molecular formula is C54H51BN2O. The Morgan fingerprint density at radius 2 is 1.03 bits per heavy atom. The largest absolute Gasteiger partial charge is 0.455 e. The number of hydrogen-bond acceptors (Lipinski definition) is 3. The molecule has 286 valence electrons. The molecule has 58 heavy (non-hydrogen) atoms. The van der Waals surface area contributed by atoms with Crippen LogP contribution in [0.1, 0.15) is 79.0 Å². The van der Waals surface area contributed by atoms with Crippen molar-refractivity contribution < 1.29 is 4.42 Å². The summed E-state index contributed by atoms with van der Waals surface area (Å²) in [6.07, 6.45) is 0. The fourth-order valence-corrected chi connectivity index (χ4v) is 9.32. The normalized spacial score (nSPS) is 13.8. The maximum Gasteiger partial charge on any atom is 0.252 e. The predicted molar refractivity (Wildman–Crippen MR) is 249 cm³/mol. The fraction of sp³-hybridized carbons (Fsp3) is 0.222. The number of rotatable bonds is 3. The number of nitrogens with zero attached hydrogens (tertiary/aromatic N) is 2. The zero-order chi connectivity index (χ0) is 40.3. The lowest BCUT2D eigenvalue weighted by molar-refractivity contribution is 0.590. The molecule has 2 aliphatic heterocycles. The van der Waals surface area contributed by atoms with Gasteiger partial charge in [-0.2, -0.15) is 0 Å². The Hall–Kier alpha value is -6.00. The lowest BCUT2D eigenvalue weighted by Crippen LogP contribution is -2.61. The molecule has 0 unspecified atom stereocenters. The van der Waals surface area contributed by atoms with Gasteiger partial charge in [-0.3, -0.25) is 0 Å². The van der Waals surface area contributed by atoms with Gasteiger partial charge in [0.2, 0.25) is 0 Å². The second-order valence-corrected chi connectivity index (χ2v) is 19.5. The van der Waals surface area contributed by atoms with Crippen molar-refractivity contribution in [2.75, 3.05) is 9.80 Å². The molecule has 0 bridgehead atoms. The third-order valence-electron chi connectivity index (χ3n) is 12.5. The Morgan fingerprint density at radius 3 is 1.76 bits per heavy atom. The summed E-state index contributed by atoms with van der Waals surface area (Å²) in [7, 11) is 0. The molecule has 1 aromatic heterocycles. The molecule has 3 heterocycles. The minimum atomic E-state index is -0.0146. The summed E-state index contributed by atoms with van der Waals surface area (Å²) < 4.78 is 6.56. The molecular weight excluding hydrogens is 703 g/mol. The van der Waals surface area contributed by atoms with E-state index in [9.17, 15) is 0 Å². The Bertz CT molecular complexity index is 2920. The van der Waals surface area contributed by atoms with Crippen LogP contribution in [-0.4, -0.2) is 6.71 Å². The molecule has 4 heteroatoms. The molecule has 2 aliphatic rings. The van der Waals surface area contributed by atoms with Crippen molar-refractivity contribution in [2.24, 2.45) is 0 Å². The highest BCUT2D eigenvalue weighted by molar-refractivity contribution is 7.00. The lowest BCUT2D eigenvalue weighted by atomic mass is 9.33. The first kappa shape index (κ1) is 36.4. The summed E-state index contributed by atoms with van der Waals surface area (Å²) in [6, 6.07) is 54.5. The van der Waals surface area contributed by atoms with Gasteiger partial charge in [0, 0.05) is 50.5 Å². The molecule has 0 spiro atoms. The molecule has 0 atom stereocenters. The molecule has 0 amide bonds. The van der Waals surface area contributed by atoms with Crippen molar-refractivity contribution in [3.63, 3.8) is 0 Å². The topological polar surface area (TPSA) is 19.6 Å². The number of anilines is 6. The van der Waals surface area contributed by atoms with Gasteiger partial charge in [-0.1, -0.05) is 153 Å². The Balaban J connectivity index is 1.22. The molecule has 0 aliphatic carbocycles. The van der Waals surface area contributed by atoms with Crippen molar-refractivity contribution in [3.8, 4) is 11.1 Å². The maximum atomic E-state index is 6.56. The third kappa shape index (κ3) is 5.71. The van der Waals surface area contributed by atoms with Crippen molar-refractivity contribution >= 4 is 79.2 Å². The van der Waals surface area contributed by atoms with Crippen LogP contribution < -0.4 is 26.2 Å². The van der Waals surface area contributed by atoms with Crippen molar-refractivity contribution in [3.05, 3.63) is 162 Å². The van der Waals surface area contributed by atoms with E-state index in [1.165, 1.54) is 61.5 Å². The van der Waals surface area contributed by atoms with E-state index in [1.54, 1.807) is 0 Å². The van der Waals surface area contributed by atoms with E-state index in [0.29, 0.717) is 0 Å². The van der Waals surface area contributed by atoms with E-state index >= 15 is 0 Å². The van der Waals surface area contributed by atoms with Crippen LogP contribution in [-0.2, 0) is 16.2 Å². The van der Waals surface area contributed by atoms with Crippen LogP contribution in [0, 0.1) is 0 Å². The van der Waals surface area contributed by atoms with E-state index in [2.05, 4.69) is 212 Å². The first-order chi connectivity index (χ1) is 27.7. The van der Waals surface area contributed by atoms with E-state index in [4.69, 9.17) is 4.42 Å². The van der Waals surface area contributed by atoms with Gasteiger partial charge < -0.3 is 14.2 Å². The van der Waals surface area contributed by atoms with Crippen LogP contribution in [0.3, 0.4) is 0 Å². The van der Waals surface area contributed by atoms with Gasteiger partial charge in [0.25, 0.3) is 6.71 Å². The second-order valence-electron chi connectivity index (χ2n) is 19.5. The quantitative estimate of drug-likeness (QED) is 0.168. The molecule has 7 aromatic carbocycles. The lowest BCUT2D eigenvalue weighted by Gasteiger charge is -2.45. The molecule has 10 rings (SSSR count). The Kier molecular flexibility index (Phi) is 7.99. The minimum Gasteiger partial charge on any atom is -0.455 e. The number of furan rings is 1.